The smallest absolute Gasteiger partial charge is 0.228 e. The maximum atomic E-state index is 4.72. The fourth-order valence-corrected chi connectivity index (χ4v) is 4.08. The summed E-state index contributed by atoms with van der Waals surface area (Å²) in [6.45, 7) is 0. The monoisotopic (exact) mass is 351 g/mol. The summed E-state index contributed by atoms with van der Waals surface area (Å²) in [6, 6.07) is 11.2. The molecule has 0 spiro atoms. The molecule has 0 atom stereocenters. The topological polar surface area (TPSA) is 62.7 Å². The third-order valence-corrected chi connectivity index (χ3v) is 5.54. The Bertz CT molecular complexity index is 653. The van der Waals surface area contributed by atoms with Crippen molar-refractivity contribution in [1.29, 1.82) is 0 Å². The van der Waals surface area contributed by atoms with Gasteiger partial charge in [-0.2, -0.15) is 15.0 Å². The maximum absolute atomic E-state index is 4.72. The Morgan fingerprint density at radius 2 is 1.12 bits per heavy atom. The lowest BCUT2D eigenvalue weighted by atomic mass is 9.96. The quantitative estimate of drug-likeness (QED) is 0.791. The highest BCUT2D eigenvalue weighted by atomic mass is 15.2. The fraction of sp³-hybridized carbons (Fsp3) is 0.571. The molecule has 0 amide bonds. The van der Waals surface area contributed by atoms with Gasteiger partial charge in [0, 0.05) is 17.6 Å². The second-order valence-corrected chi connectivity index (χ2v) is 7.63. The second kappa shape index (κ2) is 8.47. The van der Waals surface area contributed by atoms with Gasteiger partial charge in [-0.05, 0) is 25.7 Å². The molecule has 1 heterocycles. The van der Waals surface area contributed by atoms with Crippen molar-refractivity contribution in [2.45, 2.75) is 76.3 Å². The van der Waals surface area contributed by atoms with E-state index in [1.54, 1.807) is 0 Å². The number of aromatic nitrogens is 3. The third-order valence-electron chi connectivity index (χ3n) is 5.54. The Balaban J connectivity index is 1.58. The summed E-state index contributed by atoms with van der Waals surface area (Å²) in [7, 11) is 0. The molecule has 2 saturated carbocycles. The van der Waals surface area contributed by atoms with E-state index in [-0.39, 0.29) is 0 Å². The molecule has 2 aromatic rings. The Labute approximate surface area is 156 Å². The molecular weight excluding hydrogens is 322 g/mol. The van der Waals surface area contributed by atoms with Gasteiger partial charge in [0.25, 0.3) is 0 Å². The Kier molecular flexibility index (Phi) is 5.62. The summed E-state index contributed by atoms with van der Waals surface area (Å²) in [5, 5.41) is 7.13. The summed E-state index contributed by atoms with van der Waals surface area (Å²) < 4.78 is 0. The predicted molar refractivity (Wildman–Crippen MR) is 106 cm³/mol. The first-order valence-electron chi connectivity index (χ1n) is 10.2. The minimum absolute atomic E-state index is 0.484. The van der Waals surface area contributed by atoms with Gasteiger partial charge in [0.15, 0.2) is 5.82 Å². The minimum Gasteiger partial charge on any atom is -0.351 e. The molecule has 2 fully saturated rings. The first-order chi connectivity index (χ1) is 12.9. The van der Waals surface area contributed by atoms with Crippen LogP contribution in [0.25, 0.3) is 11.4 Å². The zero-order valence-corrected chi connectivity index (χ0v) is 15.5. The predicted octanol–water partition coefficient (Wildman–Crippen LogP) is 5.03. The van der Waals surface area contributed by atoms with Gasteiger partial charge in [-0.3, -0.25) is 0 Å². The normalized spacial score (nSPS) is 19.2. The van der Waals surface area contributed by atoms with Crippen LogP contribution in [0, 0.1) is 0 Å². The van der Waals surface area contributed by atoms with Crippen LogP contribution in [-0.4, -0.2) is 27.0 Å². The van der Waals surface area contributed by atoms with Crippen molar-refractivity contribution in [2.24, 2.45) is 0 Å². The lowest BCUT2D eigenvalue weighted by Gasteiger charge is -2.25. The summed E-state index contributed by atoms with van der Waals surface area (Å²) in [5.74, 6) is 2.17. The van der Waals surface area contributed by atoms with E-state index >= 15 is 0 Å². The summed E-state index contributed by atoms with van der Waals surface area (Å²) in [5.41, 5.74) is 1.04. The van der Waals surface area contributed by atoms with Crippen LogP contribution in [0.3, 0.4) is 0 Å². The van der Waals surface area contributed by atoms with Gasteiger partial charge in [0.2, 0.25) is 11.9 Å². The third kappa shape index (κ3) is 4.51. The van der Waals surface area contributed by atoms with Gasteiger partial charge >= 0.3 is 0 Å². The van der Waals surface area contributed by atoms with Crippen LogP contribution < -0.4 is 10.6 Å². The molecule has 1 aromatic carbocycles. The average molecular weight is 351 g/mol. The number of nitrogens with one attached hydrogen (secondary N) is 2. The molecule has 2 N–H and O–H groups in total. The van der Waals surface area contributed by atoms with E-state index in [9.17, 15) is 0 Å². The molecule has 26 heavy (non-hydrogen) atoms. The average Bonchev–Trinajstić information content (AvgIpc) is 2.70. The van der Waals surface area contributed by atoms with E-state index in [2.05, 4.69) is 22.8 Å². The lowest BCUT2D eigenvalue weighted by molar-refractivity contribution is 0.458. The van der Waals surface area contributed by atoms with Gasteiger partial charge in [-0.1, -0.05) is 68.9 Å². The van der Waals surface area contributed by atoms with Gasteiger partial charge in [-0.15, -0.1) is 0 Å². The van der Waals surface area contributed by atoms with E-state index in [1.807, 2.05) is 18.2 Å². The van der Waals surface area contributed by atoms with Gasteiger partial charge < -0.3 is 10.6 Å². The molecule has 0 saturated heterocycles. The highest BCUT2D eigenvalue weighted by molar-refractivity contribution is 5.58. The van der Waals surface area contributed by atoms with E-state index in [0.717, 1.165) is 11.4 Å². The van der Waals surface area contributed by atoms with E-state index in [1.165, 1.54) is 64.2 Å². The van der Waals surface area contributed by atoms with Crippen molar-refractivity contribution >= 4 is 11.9 Å². The molecule has 1 aromatic heterocycles. The number of nitrogens with zero attached hydrogens (tertiary/aromatic N) is 3. The van der Waals surface area contributed by atoms with Crippen LogP contribution in [0.1, 0.15) is 64.2 Å². The van der Waals surface area contributed by atoms with Crippen LogP contribution in [0.15, 0.2) is 30.3 Å². The van der Waals surface area contributed by atoms with E-state index < -0.39 is 0 Å². The van der Waals surface area contributed by atoms with Gasteiger partial charge in [-0.25, -0.2) is 0 Å². The largest absolute Gasteiger partial charge is 0.351 e. The summed E-state index contributed by atoms with van der Waals surface area (Å²) in [6.07, 6.45) is 12.7. The van der Waals surface area contributed by atoms with E-state index in [0.29, 0.717) is 24.0 Å². The molecule has 0 unspecified atom stereocenters. The molecule has 138 valence electrons. The molecule has 0 aliphatic heterocycles. The molecular formula is C21H29N5. The molecule has 4 rings (SSSR count). The Morgan fingerprint density at radius 3 is 1.62 bits per heavy atom. The maximum Gasteiger partial charge on any atom is 0.228 e. The number of benzene rings is 1. The highest BCUT2D eigenvalue weighted by Crippen LogP contribution is 2.24. The van der Waals surface area contributed by atoms with Crippen LogP contribution >= 0.6 is 0 Å². The van der Waals surface area contributed by atoms with Crippen molar-refractivity contribution < 1.29 is 0 Å². The fourth-order valence-electron chi connectivity index (χ4n) is 4.08. The summed E-state index contributed by atoms with van der Waals surface area (Å²) >= 11 is 0. The standard InChI is InChI=1S/C21H29N5/c1-4-10-16(11-5-1)19-24-20(22-17-12-6-2-7-13-17)26-21(25-19)23-18-14-8-3-9-15-18/h1,4-5,10-11,17-18H,2-3,6-9,12-15H2,(H2,22,23,24,25,26). The molecule has 2 aliphatic carbocycles. The van der Waals surface area contributed by atoms with Crippen LogP contribution in [0.5, 0.6) is 0 Å². The van der Waals surface area contributed by atoms with Crippen LogP contribution in [0.2, 0.25) is 0 Å². The first-order valence-corrected chi connectivity index (χ1v) is 10.2. The SMILES string of the molecule is c1ccc(-c2nc(NC3CCCCC3)nc(NC3CCCCC3)n2)cc1. The zero-order chi connectivity index (χ0) is 17.6. The zero-order valence-electron chi connectivity index (χ0n) is 15.5. The molecule has 0 radical (unpaired) electrons. The summed E-state index contributed by atoms with van der Waals surface area (Å²) in [4.78, 5) is 14.1. The number of anilines is 2. The highest BCUT2D eigenvalue weighted by Gasteiger charge is 2.18. The van der Waals surface area contributed by atoms with Crippen LogP contribution in [-0.2, 0) is 0 Å². The minimum atomic E-state index is 0.484. The van der Waals surface area contributed by atoms with E-state index in [4.69, 9.17) is 15.0 Å². The van der Waals surface area contributed by atoms with Gasteiger partial charge in [0.1, 0.15) is 0 Å². The first kappa shape index (κ1) is 17.3. The molecule has 2 aliphatic rings. The van der Waals surface area contributed by atoms with Crippen molar-refractivity contribution in [3.63, 3.8) is 0 Å². The van der Waals surface area contributed by atoms with Crippen LogP contribution in [0.4, 0.5) is 11.9 Å². The van der Waals surface area contributed by atoms with Crippen molar-refractivity contribution in [3.05, 3.63) is 30.3 Å². The molecule has 5 heteroatoms. The Hall–Kier alpha value is -2.17. The number of rotatable bonds is 5. The van der Waals surface area contributed by atoms with Crippen molar-refractivity contribution in [2.75, 3.05) is 10.6 Å². The number of hydrogen-bond acceptors (Lipinski definition) is 5. The van der Waals surface area contributed by atoms with Crippen molar-refractivity contribution in [1.82, 2.24) is 15.0 Å². The lowest BCUT2D eigenvalue weighted by Crippen LogP contribution is -2.26. The van der Waals surface area contributed by atoms with Gasteiger partial charge in [0.05, 0.1) is 0 Å². The second-order valence-electron chi connectivity index (χ2n) is 7.63. The van der Waals surface area contributed by atoms with Crippen molar-refractivity contribution in [3.8, 4) is 11.4 Å². The molecule has 0 bridgehead atoms. The molecule has 5 nitrogen and oxygen atoms in total. The Morgan fingerprint density at radius 1 is 0.615 bits per heavy atom. The number of hydrogen-bond donors (Lipinski definition) is 2.